The monoisotopic (exact) mass is 407 g/mol. The molecule has 0 bridgehead atoms. The number of aromatic nitrogens is 2. The minimum Gasteiger partial charge on any atom is -0.402 e. The van der Waals surface area contributed by atoms with Gasteiger partial charge in [-0.3, -0.25) is 4.68 Å². The van der Waals surface area contributed by atoms with Crippen molar-refractivity contribution in [1.29, 1.82) is 0 Å². The first-order valence-electron chi connectivity index (χ1n) is 8.03. The van der Waals surface area contributed by atoms with Crippen molar-refractivity contribution < 1.29 is 9.53 Å². The fourth-order valence-electron chi connectivity index (χ4n) is 2.63. The number of ether oxygens (including phenoxy) is 1. The predicted molar refractivity (Wildman–Crippen MR) is 103 cm³/mol. The van der Waals surface area contributed by atoms with Gasteiger partial charge in [-0.25, -0.2) is 9.79 Å². The second-order valence-electron chi connectivity index (χ2n) is 5.77. The summed E-state index contributed by atoms with van der Waals surface area (Å²) in [5, 5.41) is 4.33. The van der Waals surface area contributed by atoms with Crippen molar-refractivity contribution in [3.8, 4) is 0 Å². The third-order valence-electron chi connectivity index (χ3n) is 3.87. The summed E-state index contributed by atoms with van der Waals surface area (Å²) >= 11 is 3.44. The van der Waals surface area contributed by atoms with Crippen molar-refractivity contribution in [3.05, 3.63) is 93.9 Å². The molecule has 0 unspecified atom stereocenters. The molecule has 26 heavy (non-hydrogen) atoms. The summed E-state index contributed by atoms with van der Waals surface area (Å²) in [6.45, 7) is 0.667. The molecule has 0 amide bonds. The van der Waals surface area contributed by atoms with E-state index in [0.717, 1.165) is 21.2 Å². The van der Waals surface area contributed by atoms with E-state index >= 15 is 0 Å². The molecule has 0 radical (unpaired) electrons. The molecule has 5 nitrogen and oxygen atoms in total. The largest absolute Gasteiger partial charge is 0.402 e. The van der Waals surface area contributed by atoms with Crippen LogP contribution in [-0.2, 0) is 16.1 Å². The topological polar surface area (TPSA) is 56.5 Å². The predicted octanol–water partition coefficient (Wildman–Crippen LogP) is 4.04. The fourth-order valence-corrected chi connectivity index (χ4v) is 3.08. The minimum atomic E-state index is -0.466. The van der Waals surface area contributed by atoms with Gasteiger partial charge in [0.2, 0.25) is 5.90 Å². The molecule has 3 aromatic rings. The molecule has 6 heteroatoms. The smallest absolute Gasteiger partial charge is 0.363 e. The first-order valence-corrected chi connectivity index (χ1v) is 8.82. The summed E-state index contributed by atoms with van der Waals surface area (Å²) in [5.74, 6) is -0.169. The van der Waals surface area contributed by atoms with Gasteiger partial charge in [0, 0.05) is 16.2 Å². The zero-order valence-corrected chi connectivity index (χ0v) is 15.3. The number of aliphatic imine (C=N–C) groups is 1. The lowest BCUT2D eigenvalue weighted by atomic mass is 10.2. The zero-order valence-electron chi connectivity index (χ0n) is 13.7. The van der Waals surface area contributed by atoms with Crippen LogP contribution in [0.15, 0.2) is 82.2 Å². The molecule has 1 aromatic heterocycles. The van der Waals surface area contributed by atoms with E-state index < -0.39 is 5.97 Å². The van der Waals surface area contributed by atoms with Crippen molar-refractivity contribution >= 4 is 33.9 Å². The van der Waals surface area contributed by atoms with Crippen LogP contribution < -0.4 is 0 Å². The Labute approximate surface area is 158 Å². The highest BCUT2D eigenvalue weighted by atomic mass is 79.9. The lowest BCUT2D eigenvalue weighted by molar-refractivity contribution is -0.129. The van der Waals surface area contributed by atoms with Gasteiger partial charge in [0.1, 0.15) is 0 Å². The Balaban J connectivity index is 1.57. The normalized spacial score (nSPS) is 15.2. The molecule has 2 aromatic carbocycles. The van der Waals surface area contributed by atoms with Gasteiger partial charge in [0.25, 0.3) is 0 Å². The number of hydrogen-bond donors (Lipinski definition) is 0. The van der Waals surface area contributed by atoms with Gasteiger partial charge in [-0.05, 0) is 39.7 Å². The number of carbonyl (C=O) groups is 1. The van der Waals surface area contributed by atoms with E-state index in [1.807, 2.05) is 65.5 Å². The number of benzene rings is 2. The molecule has 0 N–H and O–H groups in total. The van der Waals surface area contributed by atoms with Gasteiger partial charge in [0.15, 0.2) is 5.70 Å². The molecule has 4 rings (SSSR count). The van der Waals surface area contributed by atoms with E-state index in [-0.39, 0.29) is 5.70 Å². The highest BCUT2D eigenvalue weighted by Gasteiger charge is 2.25. The third-order valence-corrected chi connectivity index (χ3v) is 4.56. The standard InChI is InChI=1S/C20H14BrN3O2/c21-17-9-5-4-8-16(17)19-23-18(20(25)26-19)10-15-11-22-24(13-15)12-14-6-2-1-3-7-14/h1-11,13H,12H2/b18-10-. The van der Waals surface area contributed by atoms with Crippen molar-refractivity contribution in [2.24, 2.45) is 4.99 Å². The van der Waals surface area contributed by atoms with Crippen LogP contribution in [0.1, 0.15) is 16.7 Å². The Morgan fingerprint density at radius 2 is 1.85 bits per heavy atom. The van der Waals surface area contributed by atoms with Gasteiger partial charge < -0.3 is 4.74 Å². The third kappa shape index (κ3) is 3.50. The van der Waals surface area contributed by atoms with Crippen LogP contribution in [0.2, 0.25) is 0 Å². The number of halogens is 1. The quantitative estimate of drug-likeness (QED) is 0.484. The highest BCUT2D eigenvalue weighted by Crippen LogP contribution is 2.23. The Hall–Kier alpha value is -2.99. The van der Waals surface area contributed by atoms with Gasteiger partial charge in [-0.2, -0.15) is 5.10 Å². The van der Waals surface area contributed by atoms with Gasteiger partial charge in [-0.1, -0.05) is 42.5 Å². The molecule has 0 saturated carbocycles. The van der Waals surface area contributed by atoms with E-state index in [1.165, 1.54) is 0 Å². The molecule has 0 spiro atoms. The van der Waals surface area contributed by atoms with Crippen molar-refractivity contribution in [3.63, 3.8) is 0 Å². The summed E-state index contributed by atoms with van der Waals surface area (Å²) in [5.41, 5.74) is 2.95. The van der Waals surface area contributed by atoms with Crippen LogP contribution in [-0.4, -0.2) is 21.6 Å². The summed E-state index contributed by atoms with van der Waals surface area (Å²) < 4.78 is 7.94. The summed E-state index contributed by atoms with van der Waals surface area (Å²) in [7, 11) is 0. The number of carbonyl (C=O) groups excluding carboxylic acids is 1. The van der Waals surface area contributed by atoms with E-state index in [1.54, 1.807) is 12.3 Å². The fraction of sp³-hybridized carbons (Fsp3) is 0.0500. The average Bonchev–Trinajstić information content (AvgIpc) is 3.23. The molecule has 2 heterocycles. The van der Waals surface area contributed by atoms with E-state index in [4.69, 9.17) is 4.74 Å². The Bertz CT molecular complexity index is 1020. The maximum atomic E-state index is 12.1. The second-order valence-corrected chi connectivity index (χ2v) is 6.63. The first-order chi connectivity index (χ1) is 12.7. The number of rotatable bonds is 4. The first kappa shape index (κ1) is 16.5. The van der Waals surface area contributed by atoms with Crippen LogP contribution in [0, 0.1) is 0 Å². The Morgan fingerprint density at radius 1 is 1.08 bits per heavy atom. The highest BCUT2D eigenvalue weighted by molar-refractivity contribution is 9.10. The molecular formula is C20H14BrN3O2. The molecule has 0 fully saturated rings. The molecule has 0 saturated heterocycles. The number of hydrogen-bond acceptors (Lipinski definition) is 4. The molecule has 1 aliphatic rings. The number of esters is 1. The van der Waals surface area contributed by atoms with Crippen LogP contribution in [0.25, 0.3) is 6.08 Å². The summed E-state index contributed by atoms with van der Waals surface area (Å²) in [6.07, 6.45) is 5.26. The van der Waals surface area contributed by atoms with Crippen LogP contribution in [0.4, 0.5) is 0 Å². The maximum Gasteiger partial charge on any atom is 0.363 e. The van der Waals surface area contributed by atoms with E-state index in [2.05, 4.69) is 26.0 Å². The van der Waals surface area contributed by atoms with Gasteiger partial charge in [0.05, 0.1) is 18.3 Å². The Morgan fingerprint density at radius 3 is 2.65 bits per heavy atom. The number of cyclic esters (lactones) is 1. The SMILES string of the molecule is O=C1OC(c2ccccc2Br)=N/C1=C\c1cnn(Cc2ccccc2)c1. The minimum absolute atomic E-state index is 0.259. The van der Waals surface area contributed by atoms with Gasteiger partial charge in [-0.15, -0.1) is 0 Å². The molecule has 128 valence electrons. The summed E-state index contributed by atoms with van der Waals surface area (Å²) in [4.78, 5) is 16.5. The van der Waals surface area contributed by atoms with Crippen LogP contribution in [0.5, 0.6) is 0 Å². The van der Waals surface area contributed by atoms with E-state index in [9.17, 15) is 4.79 Å². The van der Waals surface area contributed by atoms with Crippen molar-refractivity contribution in [1.82, 2.24) is 9.78 Å². The van der Waals surface area contributed by atoms with Crippen LogP contribution in [0.3, 0.4) is 0 Å². The van der Waals surface area contributed by atoms with Crippen molar-refractivity contribution in [2.75, 3.05) is 0 Å². The summed E-state index contributed by atoms with van der Waals surface area (Å²) in [6, 6.07) is 17.5. The molecule has 0 atom stereocenters. The van der Waals surface area contributed by atoms with E-state index in [0.29, 0.717) is 12.4 Å². The van der Waals surface area contributed by atoms with Crippen LogP contribution >= 0.6 is 15.9 Å². The molecule has 0 aliphatic carbocycles. The lowest BCUT2D eigenvalue weighted by Gasteiger charge is -2.01. The van der Waals surface area contributed by atoms with Gasteiger partial charge >= 0.3 is 5.97 Å². The molecular weight excluding hydrogens is 394 g/mol. The Kier molecular flexibility index (Phi) is 4.50. The second kappa shape index (κ2) is 7.09. The lowest BCUT2D eigenvalue weighted by Crippen LogP contribution is -2.05. The zero-order chi connectivity index (χ0) is 17.9. The average molecular weight is 408 g/mol. The molecule has 1 aliphatic heterocycles. The maximum absolute atomic E-state index is 12.1. The van der Waals surface area contributed by atoms with Crippen molar-refractivity contribution in [2.45, 2.75) is 6.54 Å². The number of nitrogens with zero attached hydrogens (tertiary/aromatic N) is 3.